The van der Waals surface area contributed by atoms with Crippen LogP contribution in [0.5, 0.6) is 0 Å². The van der Waals surface area contributed by atoms with Gasteiger partial charge in [0.2, 0.25) is 5.78 Å². The largest absolute Gasteiger partial charge is 0.454 e. The number of rotatable bonds is 4. The van der Waals surface area contributed by atoms with E-state index >= 15 is 0 Å². The van der Waals surface area contributed by atoms with Gasteiger partial charge in [-0.25, -0.2) is 9.18 Å². The van der Waals surface area contributed by atoms with Gasteiger partial charge in [0, 0.05) is 10.6 Å². The van der Waals surface area contributed by atoms with E-state index in [9.17, 15) is 14.0 Å². The zero-order chi connectivity index (χ0) is 17.1. The first-order valence-corrected chi connectivity index (χ1v) is 7.40. The first-order chi connectivity index (χ1) is 10.8. The first kappa shape index (κ1) is 17.2. The minimum atomic E-state index is -0.894. The molecule has 0 bridgehead atoms. The molecule has 0 aliphatic carbocycles. The van der Waals surface area contributed by atoms with Crippen molar-refractivity contribution in [2.45, 2.75) is 20.8 Å². The maximum absolute atomic E-state index is 13.7. The normalized spacial score (nSPS) is 10.5. The van der Waals surface area contributed by atoms with Gasteiger partial charge in [0.05, 0.1) is 5.56 Å². The smallest absolute Gasteiger partial charge is 0.341 e. The zero-order valence-corrected chi connectivity index (χ0v) is 13.8. The van der Waals surface area contributed by atoms with Gasteiger partial charge in [-0.3, -0.25) is 4.79 Å². The molecule has 0 N–H and O–H groups in total. The molecule has 23 heavy (non-hydrogen) atoms. The molecule has 0 saturated heterocycles. The molecule has 2 aromatic carbocycles. The number of benzene rings is 2. The fraction of sp³-hybridized carbons (Fsp3) is 0.222. The van der Waals surface area contributed by atoms with Crippen LogP contribution in [0.15, 0.2) is 30.3 Å². The number of carbonyl (C=O) groups is 2. The van der Waals surface area contributed by atoms with Crippen molar-refractivity contribution in [2.24, 2.45) is 0 Å². The van der Waals surface area contributed by atoms with Crippen LogP contribution in [-0.2, 0) is 4.74 Å². The second-order valence-corrected chi connectivity index (χ2v) is 5.83. The lowest BCUT2D eigenvalue weighted by atomic mass is 9.97. The Bertz CT molecular complexity index is 761. The van der Waals surface area contributed by atoms with Crippen LogP contribution < -0.4 is 0 Å². The Morgan fingerprint density at radius 1 is 1.09 bits per heavy atom. The summed E-state index contributed by atoms with van der Waals surface area (Å²) in [7, 11) is 0. The second kappa shape index (κ2) is 6.92. The van der Waals surface area contributed by atoms with Crippen molar-refractivity contribution in [1.29, 1.82) is 0 Å². The average Bonchev–Trinajstić information content (AvgIpc) is 2.43. The third-order valence-corrected chi connectivity index (χ3v) is 3.68. The van der Waals surface area contributed by atoms with Gasteiger partial charge in [0.1, 0.15) is 5.82 Å². The summed E-state index contributed by atoms with van der Waals surface area (Å²) >= 11 is 5.63. The molecule has 0 fully saturated rings. The number of ketones is 1. The molecule has 0 aliphatic heterocycles. The third kappa shape index (κ3) is 3.96. The van der Waals surface area contributed by atoms with Crippen LogP contribution in [-0.4, -0.2) is 18.4 Å². The van der Waals surface area contributed by atoms with Crippen molar-refractivity contribution in [3.05, 3.63) is 69.0 Å². The van der Waals surface area contributed by atoms with Crippen molar-refractivity contribution >= 4 is 23.4 Å². The fourth-order valence-electron chi connectivity index (χ4n) is 2.56. The minimum absolute atomic E-state index is 0.182. The molecule has 0 aliphatic rings. The highest BCUT2D eigenvalue weighted by Gasteiger charge is 2.18. The molecule has 0 aromatic heterocycles. The molecule has 0 unspecified atom stereocenters. The van der Waals surface area contributed by atoms with Gasteiger partial charge in [-0.2, -0.15) is 0 Å². The topological polar surface area (TPSA) is 43.4 Å². The highest BCUT2D eigenvalue weighted by Crippen LogP contribution is 2.18. The lowest BCUT2D eigenvalue weighted by Crippen LogP contribution is -2.17. The Kier molecular flexibility index (Phi) is 5.16. The van der Waals surface area contributed by atoms with Gasteiger partial charge in [0.15, 0.2) is 6.61 Å². The predicted octanol–water partition coefficient (Wildman–Crippen LogP) is 4.44. The molecular formula is C18H16ClFO3. The van der Waals surface area contributed by atoms with E-state index in [-0.39, 0.29) is 16.4 Å². The Hall–Kier alpha value is -2.20. The summed E-state index contributed by atoms with van der Waals surface area (Å²) < 4.78 is 18.6. The summed E-state index contributed by atoms with van der Waals surface area (Å²) in [6.07, 6.45) is 0. The third-order valence-electron chi connectivity index (χ3n) is 3.44. The molecule has 0 atom stereocenters. The van der Waals surface area contributed by atoms with E-state index < -0.39 is 18.4 Å². The predicted molar refractivity (Wildman–Crippen MR) is 86.7 cm³/mol. The molecule has 2 aromatic rings. The molecule has 0 amide bonds. The molecule has 120 valence electrons. The van der Waals surface area contributed by atoms with E-state index in [1.807, 2.05) is 32.9 Å². The summed E-state index contributed by atoms with van der Waals surface area (Å²) in [5.41, 5.74) is 2.97. The van der Waals surface area contributed by atoms with Crippen LogP contribution in [0.3, 0.4) is 0 Å². The first-order valence-electron chi connectivity index (χ1n) is 7.03. The van der Waals surface area contributed by atoms with Crippen molar-refractivity contribution in [1.82, 2.24) is 0 Å². The molecule has 0 radical (unpaired) electrons. The lowest BCUT2D eigenvalue weighted by molar-refractivity contribution is 0.0469. The summed E-state index contributed by atoms with van der Waals surface area (Å²) in [6, 6.07) is 7.42. The second-order valence-electron chi connectivity index (χ2n) is 5.40. The lowest BCUT2D eigenvalue weighted by Gasteiger charge is -2.11. The molecule has 2 rings (SSSR count). The zero-order valence-electron chi connectivity index (χ0n) is 13.1. The summed E-state index contributed by atoms with van der Waals surface area (Å²) in [4.78, 5) is 24.2. The van der Waals surface area contributed by atoms with Crippen molar-refractivity contribution < 1.29 is 18.7 Å². The van der Waals surface area contributed by atoms with Crippen molar-refractivity contribution in [2.75, 3.05) is 6.61 Å². The highest BCUT2D eigenvalue weighted by molar-refractivity contribution is 6.30. The molecule has 5 heteroatoms. The Morgan fingerprint density at radius 2 is 1.70 bits per heavy atom. The number of carbonyl (C=O) groups excluding carboxylic acids is 2. The highest BCUT2D eigenvalue weighted by atomic mass is 35.5. The van der Waals surface area contributed by atoms with Gasteiger partial charge in [-0.15, -0.1) is 0 Å². The number of hydrogen-bond acceptors (Lipinski definition) is 3. The Morgan fingerprint density at radius 3 is 2.26 bits per heavy atom. The number of aryl methyl sites for hydroxylation is 3. The maximum Gasteiger partial charge on any atom is 0.341 e. The number of Topliss-reactive ketones (excluding diaryl/α,β-unsaturated/α-hetero) is 1. The molecule has 0 spiro atoms. The number of hydrogen-bond donors (Lipinski definition) is 0. The van der Waals surface area contributed by atoms with Gasteiger partial charge < -0.3 is 4.74 Å². The van der Waals surface area contributed by atoms with Crippen LogP contribution in [0.2, 0.25) is 5.02 Å². The standard InChI is InChI=1S/C18H16ClFO3/c1-10-6-11(2)17(12(3)7-10)16(21)9-23-18(22)14-5-4-13(19)8-15(14)20/h4-8H,9H2,1-3H3. The van der Waals surface area contributed by atoms with Gasteiger partial charge >= 0.3 is 5.97 Å². The van der Waals surface area contributed by atoms with E-state index in [0.29, 0.717) is 5.56 Å². The number of ether oxygens (including phenoxy) is 1. The Labute approximate surface area is 139 Å². The summed E-state index contributed by atoms with van der Waals surface area (Å²) in [6.45, 7) is 5.16. The number of esters is 1. The monoisotopic (exact) mass is 334 g/mol. The van der Waals surface area contributed by atoms with E-state index in [4.69, 9.17) is 16.3 Å². The van der Waals surface area contributed by atoms with E-state index in [1.54, 1.807) is 0 Å². The fourth-order valence-corrected chi connectivity index (χ4v) is 2.71. The van der Waals surface area contributed by atoms with Crippen LogP contribution in [0.1, 0.15) is 37.4 Å². The van der Waals surface area contributed by atoms with E-state index in [0.717, 1.165) is 22.8 Å². The molecule has 3 nitrogen and oxygen atoms in total. The van der Waals surface area contributed by atoms with Gasteiger partial charge in [-0.05, 0) is 50.1 Å². The molecule has 0 heterocycles. The van der Waals surface area contributed by atoms with E-state index in [1.165, 1.54) is 12.1 Å². The Balaban J connectivity index is 2.12. The molecular weight excluding hydrogens is 319 g/mol. The van der Waals surface area contributed by atoms with Gasteiger partial charge in [-0.1, -0.05) is 29.3 Å². The van der Waals surface area contributed by atoms with Crippen LogP contribution >= 0.6 is 11.6 Å². The van der Waals surface area contributed by atoms with Crippen LogP contribution in [0, 0.1) is 26.6 Å². The van der Waals surface area contributed by atoms with Crippen molar-refractivity contribution in [3.63, 3.8) is 0 Å². The summed E-state index contributed by atoms with van der Waals surface area (Å²) in [5.74, 6) is -1.99. The van der Waals surface area contributed by atoms with Gasteiger partial charge in [0.25, 0.3) is 0 Å². The minimum Gasteiger partial charge on any atom is -0.454 e. The van der Waals surface area contributed by atoms with E-state index in [2.05, 4.69) is 0 Å². The molecule has 0 saturated carbocycles. The number of halogens is 2. The quantitative estimate of drug-likeness (QED) is 0.613. The van der Waals surface area contributed by atoms with Crippen molar-refractivity contribution in [3.8, 4) is 0 Å². The van der Waals surface area contributed by atoms with Crippen LogP contribution in [0.25, 0.3) is 0 Å². The maximum atomic E-state index is 13.7. The average molecular weight is 335 g/mol. The van der Waals surface area contributed by atoms with Crippen LogP contribution in [0.4, 0.5) is 4.39 Å². The SMILES string of the molecule is Cc1cc(C)c(C(=O)COC(=O)c2ccc(Cl)cc2F)c(C)c1. The summed E-state index contributed by atoms with van der Waals surface area (Å²) in [5, 5.41) is 0.182.